The van der Waals surface area contributed by atoms with Crippen molar-refractivity contribution < 1.29 is 39.6 Å². The summed E-state index contributed by atoms with van der Waals surface area (Å²) in [5.41, 5.74) is -0.545. The van der Waals surface area contributed by atoms with E-state index in [9.17, 15) is 29.7 Å². The average Bonchev–Trinajstić information content (AvgIpc) is 3.22. The molecular weight excluding hydrogens is 528 g/mol. The van der Waals surface area contributed by atoms with Gasteiger partial charge in [0.05, 0.1) is 17.7 Å². The first-order chi connectivity index (χ1) is 19.4. The molecule has 0 unspecified atom stereocenters. The number of ketones is 1. The smallest absolute Gasteiger partial charge is 0.306 e. The number of allylic oxidation sites excluding steroid dienone is 2. The van der Waals surface area contributed by atoms with Gasteiger partial charge in [0.15, 0.2) is 12.4 Å². The Labute approximate surface area is 241 Å². The van der Waals surface area contributed by atoms with E-state index in [1.807, 2.05) is 6.92 Å². The zero-order valence-electron chi connectivity index (χ0n) is 24.3. The molecule has 5 aliphatic carbocycles. The first-order valence-corrected chi connectivity index (χ1v) is 15.4. The van der Waals surface area contributed by atoms with Crippen LogP contribution in [0, 0.1) is 40.4 Å². The number of aliphatic hydroxyl groups is 3. The van der Waals surface area contributed by atoms with E-state index in [0.29, 0.717) is 45.1 Å². The van der Waals surface area contributed by atoms with Gasteiger partial charge in [-0.1, -0.05) is 24.6 Å². The van der Waals surface area contributed by atoms with Gasteiger partial charge >= 0.3 is 5.97 Å². The Kier molecular flexibility index (Phi) is 8.40. The fourth-order valence-electron chi connectivity index (χ4n) is 9.46. The second-order valence-corrected chi connectivity index (χ2v) is 13.8. The van der Waals surface area contributed by atoms with Gasteiger partial charge < -0.3 is 30.6 Å². The standard InChI is InChI=1S/C31H46N2O8/c1-29-11-9-21(33-41-17-26(37)32-15-18-3-5-19(6-4-18)28(38)39)13-20(29)7-8-22-23-10-12-31(40,25(36)16-34)30(23,2)14-24(35)27(22)29/h13,18-19,22-24,27,34-35,40H,3-12,14-17H2,1-2H3,(H,32,37)(H,38,39)/b33-21+/t18?,19?,22-,23-,24+,27+,29+,30+,31+/m1/s1. The molecule has 10 heteroatoms. The molecule has 228 valence electrons. The van der Waals surface area contributed by atoms with E-state index in [-0.39, 0.29) is 47.5 Å². The summed E-state index contributed by atoms with van der Waals surface area (Å²) < 4.78 is 0. The molecular formula is C31H46N2O8. The van der Waals surface area contributed by atoms with E-state index in [2.05, 4.69) is 23.5 Å². The van der Waals surface area contributed by atoms with Gasteiger partial charge in [0, 0.05) is 12.0 Å². The fourth-order valence-corrected chi connectivity index (χ4v) is 9.46. The van der Waals surface area contributed by atoms with Crippen LogP contribution < -0.4 is 5.32 Å². The Morgan fingerprint density at radius 2 is 1.80 bits per heavy atom. The van der Waals surface area contributed by atoms with Gasteiger partial charge in [-0.25, -0.2) is 0 Å². The van der Waals surface area contributed by atoms with Gasteiger partial charge in [0.1, 0.15) is 12.2 Å². The molecule has 5 aliphatic rings. The Morgan fingerprint density at radius 3 is 2.49 bits per heavy atom. The molecule has 0 spiro atoms. The highest BCUT2D eigenvalue weighted by atomic mass is 16.6. The van der Waals surface area contributed by atoms with Crippen molar-refractivity contribution in [1.82, 2.24) is 5.32 Å². The van der Waals surface area contributed by atoms with Gasteiger partial charge in [-0.2, -0.15) is 0 Å². The number of rotatable bonds is 8. The number of aliphatic hydroxyl groups excluding tert-OH is 2. The average molecular weight is 575 g/mol. The van der Waals surface area contributed by atoms with Crippen molar-refractivity contribution in [2.45, 2.75) is 96.2 Å². The lowest BCUT2D eigenvalue weighted by Gasteiger charge is -2.60. The number of carbonyl (C=O) groups is 3. The van der Waals surface area contributed by atoms with Crippen LogP contribution in [0.3, 0.4) is 0 Å². The molecule has 0 heterocycles. The Bertz CT molecular complexity index is 1110. The molecule has 0 aromatic rings. The van der Waals surface area contributed by atoms with Crippen LogP contribution in [0.5, 0.6) is 0 Å². The molecule has 0 saturated heterocycles. The summed E-state index contributed by atoms with van der Waals surface area (Å²) >= 11 is 0. The minimum atomic E-state index is -1.59. The molecule has 0 aromatic heterocycles. The molecule has 41 heavy (non-hydrogen) atoms. The summed E-state index contributed by atoms with van der Waals surface area (Å²) in [6.07, 6.45) is 8.85. The van der Waals surface area contributed by atoms with Crippen LogP contribution in [0.15, 0.2) is 16.8 Å². The van der Waals surface area contributed by atoms with Crippen LogP contribution in [0.4, 0.5) is 0 Å². The summed E-state index contributed by atoms with van der Waals surface area (Å²) in [7, 11) is 0. The second-order valence-electron chi connectivity index (χ2n) is 13.8. The number of nitrogens with zero attached hydrogens (tertiary/aromatic N) is 1. The summed E-state index contributed by atoms with van der Waals surface area (Å²) in [6, 6.07) is 0. The van der Waals surface area contributed by atoms with Gasteiger partial charge in [-0.05, 0) is 106 Å². The number of nitrogens with one attached hydrogen (secondary N) is 1. The molecule has 0 aliphatic heterocycles. The maximum atomic E-state index is 12.6. The van der Waals surface area contributed by atoms with Gasteiger partial charge in [0.2, 0.25) is 0 Å². The largest absolute Gasteiger partial charge is 0.481 e. The fraction of sp³-hybridized carbons (Fsp3) is 0.806. The van der Waals surface area contributed by atoms with Crippen molar-refractivity contribution >= 4 is 23.4 Å². The molecule has 7 atom stereocenters. The van der Waals surface area contributed by atoms with Crippen LogP contribution in [0.25, 0.3) is 0 Å². The highest BCUT2D eigenvalue weighted by molar-refractivity contribution is 5.96. The lowest BCUT2D eigenvalue weighted by atomic mass is 9.45. The molecule has 1 amide bonds. The topological polar surface area (TPSA) is 166 Å². The van der Waals surface area contributed by atoms with Crippen LogP contribution >= 0.6 is 0 Å². The van der Waals surface area contributed by atoms with Gasteiger partial charge in [-0.3, -0.25) is 14.4 Å². The predicted molar refractivity (Wildman–Crippen MR) is 150 cm³/mol. The minimum Gasteiger partial charge on any atom is -0.481 e. The number of hydrogen-bond donors (Lipinski definition) is 5. The predicted octanol–water partition coefficient (Wildman–Crippen LogP) is 2.59. The minimum absolute atomic E-state index is 0.0194. The number of fused-ring (bicyclic) bond motifs is 5. The molecule has 4 saturated carbocycles. The monoisotopic (exact) mass is 574 g/mol. The quantitative estimate of drug-likeness (QED) is 0.276. The number of oxime groups is 1. The summed E-state index contributed by atoms with van der Waals surface area (Å²) in [5, 5.41) is 48.7. The highest BCUT2D eigenvalue weighted by Gasteiger charge is 2.68. The molecule has 0 bridgehead atoms. The van der Waals surface area contributed by atoms with Crippen LogP contribution in [0.2, 0.25) is 0 Å². The zero-order chi connectivity index (χ0) is 29.6. The highest BCUT2D eigenvalue weighted by Crippen LogP contribution is 2.67. The Balaban J connectivity index is 1.17. The summed E-state index contributed by atoms with van der Waals surface area (Å²) in [4.78, 5) is 41.4. The number of hydrogen-bond acceptors (Lipinski definition) is 8. The summed E-state index contributed by atoms with van der Waals surface area (Å²) in [6.45, 7) is 3.80. The third-order valence-corrected chi connectivity index (χ3v) is 11.8. The maximum absolute atomic E-state index is 12.6. The second kappa shape index (κ2) is 11.4. The van der Waals surface area contributed by atoms with E-state index in [4.69, 9.17) is 9.94 Å². The molecule has 5 rings (SSSR count). The third kappa shape index (κ3) is 5.25. The zero-order valence-corrected chi connectivity index (χ0v) is 24.3. The normalized spacial score (nSPS) is 42.9. The SMILES string of the molecule is C[C@]12CC/C(=N\OCC(=O)NCC3CCC(C(=O)O)CC3)C=C1CC[C@H]1[C@H]2[C@@H](O)C[C@@]2(C)[C@@H]1CC[C@]2(O)C(=O)CO. The van der Waals surface area contributed by atoms with Crippen molar-refractivity contribution in [1.29, 1.82) is 0 Å². The van der Waals surface area contributed by atoms with E-state index in [1.165, 1.54) is 5.57 Å². The number of aliphatic carboxylic acids is 1. The molecule has 10 nitrogen and oxygen atoms in total. The van der Waals surface area contributed by atoms with Crippen LogP contribution in [0.1, 0.15) is 84.5 Å². The van der Waals surface area contributed by atoms with Crippen LogP contribution in [-0.2, 0) is 19.2 Å². The number of Topliss-reactive ketones (excluding diaryl/α,β-unsaturated/α-hetero) is 1. The van der Waals surface area contributed by atoms with Crippen molar-refractivity contribution in [3.8, 4) is 0 Å². The Morgan fingerprint density at radius 1 is 1.07 bits per heavy atom. The molecule has 0 radical (unpaired) electrons. The number of carbonyl (C=O) groups excluding carboxylic acids is 2. The van der Waals surface area contributed by atoms with Crippen molar-refractivity contribution in [3.05, 3.63) is 11.6 Å². The van der Waals surface area contributed by atoms with Crippen molar-refractivity contribution in [2.75, 3.05) is 19.8 Å². The van der Waals surface area contributed by atoms with Crippen LogP contribution in [-0.4, -0.2) is 75.3 Å². The number of carboxylic acids is 1. The van der Waals surface area contributed by atoms with E-state index in [0.717, 1.165) is 37.8 Å². The number of carboxylic acid groups (broad SMARTS) is 1. The molecule has 5 N–H and O–H groups in total. The summed E-state index contributed by atoms with van der Waals surface area (Å²) in [5.74, 6) is -1.18. The Hall–Kier alpha value is -2.30. The first kappa shape index (κ1) is 30.2. The van der Waals surface area contributed by atoms with Crippen molar-refractivity contribution in [3.63, 3.8) is 0 Å². The molecule has 4 fully saturated rings. The first-order valence-electron chi connectivity index (χ1n) is 15.4. The molecule has 0 aromatic carbocycles. The van der Waals surface area contributed by atoms with E-state index >= 15 is 0 Å². The third-order valence-electron chi connectivity index (χ3n) is 11.8. The lowest BCUT2D eigenvalue weighted by molar-refractivity contribution is -0.181. The number of amides is 1. The van der Waals surface area contributed by atoms with Gasteiger partial charge in [-0.15, -0.1) is 0 Å². The van der Waals surface area contributed by atoms with E-state index in [1.54, 1.807) is 0 Å². The van der Waals surface area contributed by atoms with Gasteiger partial charge in [0.25, 0.3) is 5.91 Å². The van der Waals surface area contributed by atoms with Crippen molar-refractivity contribution in [2.24, 2.45) is 45.6 Å². The van der Waals surface area contributed by atoms with E-state index < -0.39 is 35.5 Å². The maximum Gasteiger partial charge on any atom is 0.306 e. The lowest BCUT2D eigenvalue weighted by Crippen LogP contribution is -2.62.